The van der Waals surface area contributed by atoms with E-state index in [9.17, 15) is 23.5 Å². The van der Waals surface area contributed by atoms with Crippen molar-refractivity contribution in [2.24, 2.45) is 0 Å². The van der Waals surface area contributed by atoms with Gasteiger partial charge in [-0.3, -0.25) is 14.9 Å². The number of nitrogens with one attached hydrogen (secondary N) is 2. The lowest BCUT2D eigenvalue weighted by atomic mass is 9.94. The fourth-order valence-corrected chi connectivity index (χ4v) is 3.75. The van der Waals surface area contributed by atoms with Gasteiger partial charge in [0.2, 0.25) is 0 Å². The van der Waals surface area contributed by atoms with Gasteiger partial charge in [-0.2, -0.15) is 0 Å². The van der Waals surface area contributed by atoms with Crippen molar-refractivity contribution in [1.82, 2.24) is 5.32 Å². The normalized spacial score (nSPS) is 12.7. The number of hydrogen-bond donors (Lipinski definition) is 3. The predicted molar refractivity (Wildman–Crippen MR) is 131 cm³/mol. The highest BCUT2D eigenvalue weighted by atomic mass is 35.5. The summed E-state index contributed by atoms with van der Waals surface area (Å²) in [7, 11) is 0. The predicted octanol–water partition coefficient (Wildman–Crippen LogP) is 5.18. The van der Waals surface area contributed by atoms with Crippen LogP contribution in [0.15, 0.2) is 76.3 Å². The number of hydrogen-bond acceptors (Lipinski definition) is 5. The van der Waals surface area contributed by atoms with E-state index in [2.05, 4.69) is 10.6 Å². The number of aryl methyl sites for hydroxylation is 1. The maximum absolute atomic E-state index is 13.8. The van der Waals surface area contributed by atoms with E-state index < -0.39 is 34.3 Å². The van der Waals surface area contributed by atoms with Crippen molar-refractivity contribution in [3.63, 3.8) is 0 Å². The van der Waals surface area contributed by atoms with Crippen molar-refractivity contribution in [3.8, 4) is 5.75 Å². The third-order valence-electron chi connectivity index (χ3n) is 5.69. The van der Waals surface area contributed by atoms with E-state index in [4.69, 9.17) is 0 Å². The highest BCUT2D eigenvalue weighted by Crippen LogP contribution is 2.33. The first-order valence-electron chi connectivity index (χ1n) is 10.4. The molecule has 0 radical (unpaired) electrons. The minimum Gasteiger partial charge on any atom is -0.502 e. The maximum atomic E-state index is 13.8. The Morgan fingerprint density at radius 1 is 0.853 bits per heavy atom. The standard InChI is InChI=1S/C26H22F2N2O3.ClH/c1-14-7-9-16(10-8-14)22(29-15(2)17-11-12-19(27)20(28)13-17)18-5-3-4-6-21(18)30-23-24(31)26(33)25(23)32;/h3-13,15,22,29-31H,1-2H3;1H/t15-,22?;/m1./s1. The molecule has 176 valence electrons. The van der Waals surface area contributed by atoms with Crippen LogP contribution in [0.4, 0.5) is 20.2 Å². The first-order chi connectivity index (χ1) is 15.8. The van der Waals surface area contributed by atoms with Crippen LogP contribution in [0.2, 0.25) is 0 Å². The van der Waals surface area contributed by atoms with E-state index in [0.717, 1.165) is 28.8 Å². The zero-order valence-electron chi connectivity index (χ0n) is 18.4. The average molecular weight is 485 g/mol. The first-order valence-corrected chi connectivity index (χ1v) is 10.4. The second-order valence-corrected chi connectivity index (χ2v) is 8.00. The summed E-state index contributed by atoms with van der Waals surface area (Å²) in [5.74, 6) is -2.43. The Balaban J connectivity index is 0.00000324. The average Bonchev–Trinajstić information content (AvgIpc) is 2.83. The number of para-hydroxylation sites is 1. The number of anilines is 2. The molecule has 0 aliphatic heterocycles. The quantitative estimate of drug-likeness (QED) is 0.315. The monoisotopic (exact) mass is 484 g/mol. The van der Waals surface area contributed by atoms with Crippen LogP contribution < -0.4 is 21.5 Å². The molecule has 4 aromatic carbocycles. The number of halogens is 3. The molecule has 0 saturated carbocycles. The zero-order valence-corrected chi connectivity index (χ0v) is 19.2. The fraction of sp³-hybridized carbons (Fsp3) is 0.154. The van der Waals surface area contributed by atoms with Gasteiger partial charge in [0.1, 0.15) is 5.69 Å². The molecule has 34 heavy (non-hydrogen) atoms. The van der Waals surface area contributed by atoms with E-state index in [1.54, 1.807) is 12.1 Å². The number of rotatable bonds is 7. The van der Waals surface area contributed by atoms with Crippen molar-refractivity contribution >= 4 is 23.8 Å². The summed E-state index contributed by atoms with van der Waals surface area (Å²) >= 11 is 0. The second kappa shape index (κ2) is 10.2. The summed E-state index contributed by atoms with van der Waals surface area (Å²) in [6, 6.07) is 18.0. The lowest BCUT2D eigenvalue weighted by molar-refractivity contribution is 0.466. The summed E-state index contributed by atoms with van der Waals surface area (Å²) in [6.07, 6.45) is 0. The van der Waals surface area contributed by atoms with Crippen LogP contribution in [-0.2, 0) is 0 Å². The SMILES string of the molecule is Cc1ccc(C(N[C@H](C)c2ccc(F)c(F)c2)c2ccccc2Nc2c(O)c(=O)c2=O)cc1.Cl. The molecule has 0 saturated heterocycles. The molecule has 8 heteroatoms. The molecule has 0 aliphatic rings. The van der Waals surface area contributed by atoms with E-state index in [1.807, 2.05) is 50.2 Å². The van der Waals surface area contributed by atoms with Gasteiger partial charge >= 0.3 is 0 Å². The number of aromatic hydroxyl groups is 1. The third-order valence-corrected chi connectivity index (χ3v) is 5.69. The second-order valence-electron chi connectivity index (χ2n) is 8.00. The molecule has 0 fully saturated rings. The molecule has 0 aromatic heterocycles. The number of benzene rings is 3. The van der Waals surface area contributed by atoms with Crippen LogP contribution in [0.5, 0.6) is 5.75 Å². The lowest BCUT2D eigenvalue weighted by Crippen LogP contribution is -2.33. The lowest BCUT2D eigenvalue weighted by Gasteiger charge is -2.27. The van der Waals surface area contributed by atoms with Gasteiger partial charge < -0.3 is 10.4 Å². The Morgan fingerprint density at radius 2 is 1.50 bits per heavy atom. The van der Waals surface area contributed by atoms with Gasteiger partial charge in [-0.15, -0.1) is 12.4 Å². The summed E-state index contributed by atoms with van der Waals surface area (Å²) in [5, 5.41) is 16.1. The molecule has 4 aromatic rings. The van der Waals surface area contributed by atoms with Gasteiger partial charge in [-0.1, -0.05) is 54.1 Å². The van der Waals surface area contributed by atoms with Gasteiger partial charge in [0.15, 0.2) is 17.4 Å². The molecule has 0 spiro atoms. The summed E-state index contributed by atoms with van der Waals surface area (Å²) < 4.78 is 27.2. The largest absolute Gasteiger partial charge is 0.502 e. The molecule has 0 bridgehead atoms. The summed E-state index contributed by atoms with van der Waals surface area (Å²) in [4.78, 5) is 23.3. The van der Waals surface area contributed by atoms with Crippen LogP contribution >= 0.6 is 12.4 Å². The van der Waals surface area contributed by atoms with Crippen LogP contribution in [-0.4, -0.2) is 5.11 Å². The van der Waals surface area contributed by atoms with Gasteiger partial charge in [0.25, 0.3) is 10.9 Å². The topological polar surface area (TPSA) is 78.4 Å². The first kappa shape index (κ1) is 25.1. The highest BCUT2D eigenvalue weighted by molar-refractivity contribution is 5.85. The van der Waals surface area contributed by atoms with Crippen LogP contribution in [0.1, 0.15) is 41.3 Å². The molecule has 5 nitrogen and oxygen atoms in total. The Morgan fingerprint density at radius 3 is 2.15 bits per heavy atom. The van der Waals surface area contributed by atoms with Crippen molar-refractivity contribution in [2.75, 3.05) is 5.32 Å². The molecule has 2 atom stereocenters. The molecular formula is C26H23ClF2N2O3. The smallest absolute Gasteiger partial charge is 0.271 e. The Labute approximate surface area is 201 Å². The molecular weight excluding hydrogens is 462 g/mol. The molecule has 3 N–H and O–H groups in total. The van der Waals surface area contributed by atoms with Crippen molar-refractivity contribution in [2.45, 2.75) is 25.9 Å². The van der Waals surface area contributed by atoms with Crippen molar-refractivity contribution in [3.05, 3.63) is 121 Å². The van der Waals surface area contributed by atoms with Crippen molar-refractivity contribution in [1.29, 1.82) is 0 Å². The minimum atomic E-state index is -0.925. The van der Waals surface area contributed by atoms with Gasteiger partial charge in [0, 0.05) is 11.7 Å². The summed E-state index contributed by atoms with van der Waals surface area (Å²) in [5.41, 5.74) is 1.95. The Bertz CT molecular complexity index is 1380. The maximum Gasteiger partial charge on any atom is 0.271 e. The van der Waals surface area contributed by atoms with Gasteiger partial charge in [-0.05, 0) is 48.7 Å². The third kappa shape index (κ3) is 4.85. The van der Waals surface area contributed by atoms with Gasteiger partial charge in [0.05, 0.1) is 6.04 Å². The minimum absolute atomic E-state index is 0. The van der Waals surface area contributed by atoms with E-state index in [0.29, 0.717) is 11.3 Å². The van der Waals surface area contributed by atoms with Crippen LogP contribution in [0.3, 0.4) is 0 Å². The molecule has 4 rings (SSSR count). The summed E-state index contributed by atoms with van der Waals surface area (Å²) in [6.45, 7) is 3.81. The molecule has 1 unspecified atom stereocenters. The van der Waals surface area contributed by atoms with E-state index in [1.165, 1.54) is 6.07 Å². The Hall–Kier alpha value is -3.55. The molecule has 0 heterocycles. The Kier molecular flexibility index (Phi) is 7.49. The fourth-order valence-electron chi connectivity index (χ4n) is 3.75. The van der Waals surface area contributed by atoms with E-state index >= 15 is 0 Å². The van der Waals surface area contributed by atoms with Gasteiger partial charge in [-0.25, -0.2) is 8.78 Å². The molecule has 0 amide bonds. The molecule has 0 aliphatic carbocycles. The van der Waals surface area contributed by atoms with Crippen LogP contribution in [0, 0.1) is 18.6 Å². The van der Waals surface area contributed by atoms with Crippen LogP contribution in [0.25, 0.3) is 0 Å². The van der Waals surface area contributed by atoms with Crippen molar-refractivity contribution < 1.29 is 13.9 Å². The van der Waals surface area contributed by atoms with E-state index in [-0.39, 0.29) is 24.1 Å². The highest BCUT2D eigenvalue weighted by Gasteiger charge is 2.24. The zero-order chi connectivity index (χ0) is 23.7.